The van der Waals surface area contributed by atoms with E-state index in [-0.39, 0.29) is 46.5 Å². The smallest absolute Gasteiger partial charge is 0.111 e. The van der Waals surface area contributed by atoms with Crippen molar-refractivity contribution in [1.29, 1.82) is 0 Å². The lowest BCUT2D eigenvalue weighted by Gasteiger charge is -2.71. The Kier molecular flexibility index (Phi) is 10.0. The molecule has 5 fully saturated rings. The third-order valence-electron chi connectivity index (χ3n) is 14.8. The first-order valence-electron chi connectivity index (χ1n) is 17.9. The Hall–Kier alpha value is -0.620. The number of hydrogen-bond acceptors (Lipinski definition) is 9. The van der Waals surface area contributed by atoms with Gasteiger partial charge in [0.05, 0.1) is 37.1 Å². The van der Waals surface area contributed by atoms with E-state index in [1.807, 2.05) is 0 Å². The molecule has 0 bridgehead atoms. The van der Waals surface area contributed by atoms with Crippen LogP contribution in [0.15, 0.2) is 11.6 Å². The Morgan fingerprint density at radius 2 is 1.52 bits per heavy atom. The van der Waals surface area contributed by atoms with Gasteiger partial charge in [0.15, 0.2) is 0 Å². The highest BCUT2D eigenvalue weighted by Crippen LogP contribution is 2.76. The lowest BCUT2D eigenvalue weighted by atomic mass is 9.34. The van der Waals surface area contributed by atoms with Crippen LogP contribution in [0.25, 0.3) is 0 Å². The summed E-state index contributed by atoms with van der Waals surface area (Å²) in [6.07, 6.45) is 0.476. The van der Waals surface area contributed by atoms with Crippen LogP contribution in [-0.2, 0) is 9.47 Å². The third kappa shape index (κ3) is 5.56. The molecule has 9 heteroatoms. The minimum absolute atomic E-state index is 0.00647. The van der Waals surface area contributed by atoms with Crippen molar-refractivity contribution >= 4 is 0 Å². The minimum Gasteiger partial charge on any atom is -0.394 e. The number of aliphatic hydroxyl groups excluding tert-OH is 7. The first kappa shape index (κ1) is 36.7. The second kappa shape index (κ2) is 12.6. The SMILES string of the molecule is CC(C)=CCC[C@](C)(OC[C@@H]1OC(CO)[C@@H](O)[C@@H](O)C1O)C1CC[C@]2(C)C1[C@H](O)CC1[C@@]3(C)CCC(O)C(C)(C)C3[C@@H](O)C[C@]12C. The van der Waals surface area contributed by atoms with E-state index in [9.17, 15) is 35.7 Å². The second-order valence-corrected chi connectivity index (χ2v) is 17.8. The standard InChI is InChI=1S/C37H64O9/c1-20(2)10-9-13-37(8,45-19-25-30(43)31(44)29(42)24(18-38)46-25)21-11-15-35(6)28(21)22(39)16-26-34(5)14-12-27(41)33(3,4)32(34)23(40)17-36(26,35)7/h10,21-32,38-44H,9,11-19H2,1-8H3/t21?,22-,23+,24?,25+,26?,27?,28?,29-,30?,31-,32?,34-,35-,36-,37+/m1/s1. The van der Waals surface area contributed by atoms with Gasteiger partial charge in [-0.05, 0) is 117 Å². The Bertz CT molecular complexity index is 1120. The Labute approximate surface area is 276 Å². The maximum Gasteiger partial charge on any atom is 0.111 e. The van der Waals surface area contributed by atoms with Crippen molar-refractivity contribution in [2.75, 3.05) is 13.2 Å². The summed E-state index contributed by atoms with van der Waals surface area (Å²) in [5.41, 5.74) is -0.620. The molecule has 1 heterocycles. The van der Waals surface area contributed by atoms with Crippen LogP contribution in [0, 0.1) is 45.3 Å². The summed E-state index contributed by atoms with van der Waals surface area (Å²) in [5, 5.41) is 76.5. The first-order chi connectivity index (χ1) is 21.3. The van der Waals surface area contributed by atoms with Crippen molar-refractivity contribution in [1.82, 2.24) is 0 Å². The van der Waals surface area contributed by atoms with Crippen molar-refractivity contribution in [2.24, 2.45) is 45.3 Å². The summed E-state index contributed by atoms with van der Waals surface area (Å²) >= 11 is 0. The highest BCUT2D eigenvalue weighted by molar-refractivity contribution is 5.21. The third-order valence-corrected chi connectivity index (χ3v) is 14.8. The molecular formula is C37H64O9. The molecule has 0 aromatic rings. The van der Waals surface area contributed by atoms with Crippen LogP contribution in [-0.4, -0.2) is 103 Å². The quantitative estimate of drug-likeness (QED) is 0.195. The minimum atomic E-state index is -1.46. The molecule has 0 aromatic heterocycles. The van der Waals surface area contributed by atoms with E-state index in [2.05, 4.69) is 61.5 Å². The van der Waals surface area contributed by atoms with Crippen LogP contribution in [0.5, 0.6) is 0 Å². The number of ether oxygens (including phenoxy) is 2. The molecule has 5 aliphatic rings. The molecule has 9 nitrogen and oxygen atoms in total. The van der Waals surface area contributed by atoms with E-state index in [1.54, 1.807) is 0 Å². The highest BCUT2D eigenvalue weighted by atomic mass is 16.6. The molecule has 1 saturated heterocycles. The van der Waals surface area contributed by atoms with E-state index in [0.29, 0.717) is 25.7 Å². The topological polar surface area (TPSA) is 160 Å². The second-order valence-electron chi connectivity index (χ2n) is 17.8. The molecule has 46 heavy (non-hydrogen) atoms. The molecule has 4 saturated carbocycles. The zero-order valence-electron chi connectivity index (χ0n) is 29.5. The van der Waals surface area contributed by atoms with Gasteiger partial charge in [-0.3, -0.25) is 0 Å². The van der Waals surface area contributed by atoms with Crippen LogP contribution >= 0.6 is 0 Å². The predicted molar refractivity (Wildman–Crippen MR) is 175 cm³/mol. The number of allylic oxidation sites excluding steroid dienone is 2. The fourth-order valence-corrected chi connectivity index (χ4v) is 12.2. The van der Waals surface area contributed by atoms with Crippen LogP contribution < -0.4 is 0 Å². The summed E-state index contributed by atoms with van der Waals surface area (Å²) in [6.45, 7) is 16.9. The molecule has 16 atom stereocenters. The average Bonchev–Trinajstić information content (AvgIpc) is 3.35. The Morgan fingerprint density at radius 1 is 0.870 bits per heavy atom. The average molecular weight is 653 g/mol. The van der Waals surface area contributed by atoms with Gasteiger partial charge in [0.2, 0.25) is 0 Å². The van der Waals surface area contributed by atoms with Crippen molar-refractivity contribution in [3.8, 4) is 0 Å². The lowest BCUT2D eigenvalue weighted by Crippen LogP contribution is -2.69. The summed E-state index contributed by atoms with van der Waals surface area (Å²) in [5.74, 6) is 0.0625. The zero-order chi connectivity index (χ0) is 34.2. The number of rotatable bonds is 8. The molecule has 0 radical (unpaired) electrons. The van der Waals surface area contributed by atoms with Crippen LogP contribution in [0.1, 0.15) is 107 Å². The van der Waals surface area contributed by atoms with Crippen LogP contribution in [0.4, 0.5) is 0 Å². The molecule has 7 N–H and O–H groups in total. The van der Waals surface area contributed by atoms with Gasteiger partial charge >= 0.3 is 0 Å². The number of aliphatic hydroxyl groups is 7. The van der Waals surface area contributed by atoms with Gasteiger partial charge in [0.25, 0.3) is 0 Å². The van der Waals surface area contributed by atoms with Crippen LogP contribution in [0.2, 0.25) is 0 Å². The molecular weight excluding hydrogens is 588 g/mol. The lowest BCUT2D eigenvalue weighted by molar-refractivity contribution is -0.278. The van der Waals surface area contributed by atoms with E-state index in [4.69, 9.17) is 9.47 Å². The monoisotopic (exact) mass is 652 g/mol. The van der Waals surface area contributed by atoms with Gasteiger partial charge in [0, 0.05) is 0 Å². The van der Waals surface area contributed by atoms with Crippen molar-refractivity contribution in [3.63, 3.8) is 0 Å². The maximum absolute atomic E-state index is 12.3. The largest absolute Gasteiger partial charge is 0.394 e. The summed E-state index contributed by atoms with van der Waals surface area (Å²) in [4.78, 5) is 0. The summed E-state index contributed by atoms with van der Waals surface area (Å²) in [6, 6.07) is 0. The number of fused-ring (bicyclic) bond motifs is 5. The van der Waals surface area contributed by atoms with E-state index >= 15 is 0 Å². The molecule has 7 unspecified atom stereocenters. The fourth-order valence-electron chi connectivity index (χ4n) is 12.2. The van der Waals surface area contributed by atoms with E-state index in [0.717, 1.165) is 25.7 Å². The first-order valence-corrected chi connectivity index (χ1v) is 17.9. The van der Waals surface area contributed by atoms with Crippen LogP contribution in [0.3, 0.4) is 0 Å². The molecule has 1 aliphatic heterocycles. The van der Waals surface area contributed by atoms with Gasteiger partial charge in [0.1, 0.15) is 30.5 Å². The van der Waals surface area contributed by atoms with E-state index in [1.165, 1.54) is 5.57 Å². The predicted octanol–water partition coefficient (Wildman–Crippen LogP) is 3.34. The molecule has 0 aromatic carbocycles. The zero-order valence-corrected chi connectivity index (χ0v) is 29.5. The van der Waals surface area contributed by atoms with Gasteiger partial charge in [-0.1, -0.05) is 46.3 Å². The van der Waals surface area contributed by atoms with Crippen molar-refractivity contribution in [3.05, 3.63) is 11.6 Å². The van der Waals surface area contributed by atoms with Gasteiger partial charge in [-0.2, -0.15) is 0 Å². The summed E-state index contributed by atoms with van der Waals surface area (Å²) in [7, 11) is 0. The Morgan fingerprint density at radius 3 is 2.15 bits per heavy atom. The van der Waals surface area contributed by atoms with Gasteiger partial charge in [-0.25, -0.2) is 0 Å². The molecule has 0 spiro atoms. The maximum atomic E-state index is 12.3. The molecule has 4 aliphatic carbocycles. The normalized spacial score (nSPS) is 51.4. The Balaban J connectivity index is 1.46. The van der Waals surface area contributed by atoms with Gasteiger partial charge in [-0.15, -0.1) is 0 Å². The highest BCUT2D eigenvalue weighted by Gasteiger charge is 2.73. The van der Waals surface area contributed by atoms with E-state index < -0.39 is 66.5 Å². The molecule has 5 rings (SSSR count). The molecule has 266 valence electrons. The number of hydrogen-bond donors (Lipinski definition) is 7. The fraction of sp³-hybridized carbons (Fsp3) is 0.946. The van der Waals surface area contributed by atoms with Crippen molar-refractivity contribution in [2.45, 2.75) is 161 Å². The van der Waals surface area contributed by atoms with Crippen molar-refractivity contribution < 1.29 is 45.2 Å². The molecule has 0 amide bonds. The van der Waals surface area contributed by atoms with Gasteiger partial charge < -0.3 is 45.2 Å². The summed E-state index contributed by atoms with van der Waals surface area (Å²) < 4.78 is 12.6.